The second kappa shape index (κ2) is 4.16. The summed E-state index contributed by atoms with van der Waals surface area (Å²) in [6, 6.07) is 2.17. The summed E-state index contributed by atoms with van der Waals surface area (Å²) in [4.78, 5) is 0. The van der Waals surface area contributed by atoms with E-state index in [4.69, 9.17) is 15.2 Å². The largest absolute Gasteiger partial charge is 0.493 e. The van der Waals surface area contributed by atoms with Crippen molar-refractivity contribution in [2.24, 2.45) is 5.73 Å². The zero-order valence-electron chi connectivity index (χ0n) is 11.2. The highest BCUT2D eigenvalue weighted by atomic mass is 16.5. The molecule has 0 saturated heterocycles. The molecule has 2 aliphatic heterocycles. The third-order valence-corrected chi connectivity index (χ3v) is 4.10. The SMILES string of the molecule is CC(C)(CCN)c1c2c(cc3c1OCC3)OCC2. The summed E-state index contributed by atoms with van der Waals surface area (Å²) in [6.45, 7) is 6.81. The van der Waals surface area contributed by atoms with E-state index in [2.05, 4.69) is 19.9 Å². The van der Waals surface area contributed by atoms with Gasteiger partial charge in [0.05, 0.1) is 13.2 Å². The van der Waals surface area contributed by atoms with Gasteiger partial charge in [-0.1, -0.05) is 13.8 Å². The first-order valence-corrected chi connectivity index (χ1v) is 6.78. The molecular formula is C15H21NO2. The molecule has 0 bridgehead atoms. The lowest BCUT2D eigenvalue weighted by atomic mass is 9.77. The summed E-state index contributed by atoms with van der Waals surface area (Å²) >= 11 is 0. The average Bonchev–Trinajstić information content (AvgIpc) is 2.91. The number of fused-ring (bicyclic) bond motifs is 2. The molecule has 2 aliphatic rings. The van der Waals surface area contributed by atoms with Crippen LogP contribution in [0.5, 0.6) is 11.5 Å². The van der Waals surface area contributed by atoms with Gasteiger partial charge in [-0.2, -0.15) is 0 Å². The van der Waals surface area contributed by atoms with Crippen molar-refractivity contribution in [3.63, 3.8) is 0 Å². The number of ether oxygens (including phenoxy) is 2. The number of nitrogens with two attached hydrogens (primary N) is 1. The van der Waals surface area contributed by atoms with Crippen molar-refractivity contribution in [3.05, 3.63) is 22.8 Å². The molecule has 2 N–H and O–H groups in total. The van der Waals surface area contributed by atoms with Crippen molar-refractivity contribution in [1.82, 2.24) is 0 Å². The van der Waals surface area contributed by atoms with E-state index in [0.717, 1.165) is 44.0 Å². The molecule has 0 spiro atoms. The van der Waals surface area contributed by atoms with Gasteiger partial charge in [0, 0.05) is 29.5 Å². The topological polar surface area (TPSA) is 44.5 Å². The maximum atomic E-state index is 5.89. The summed E-state index contributed by atoms with van der Waals surface area (Å²) < 4.78 is 11.6. The molecule has 1 aromatic carbocycles. The maximum Gasteiger partial charge on any atom is 0.126 e. The highest BCUT2D eigenvalue weighted by molar-refractivity contribution is 5.59. The predicted molar refractivity (Wildman–Crippen MR) is 71.5 cm³/mol. The minimum absolute atomic E-state index is 0.0578. The molecule has 3 rings (SSSR count). The maximum absolute atomic E-state index is 5.89. The van der Waals surface area contributed by atoms with Gasteiger partial charge in [0.25, 0.3) is 0 Å². The normalized spacial score (nSPS) is 17.1. The third-order valence-electron chi connectivity index (χ3n) is 4.10. The van der Waals surface area contributed by atoms with Gasteiger partial charge >= 0.3 is 0 Å². The van der Waals surface area contributed by atoms with Gasteiger partial charge in [0.15, 0.2) is 0 Å². The monoisotopic (exact) mass is 247 g/mol. The zero-order chi connectivity index (χ0) is 12.8. The number of benzene rings is 1. The fourth-order valence-electron chi connectivity index (χ4n) is 3.19. The van der Waals surface area contributed by atoms with E-state index in [1.165, 1.54) is 16.7 Å². The highest BCUT2D eigenvalue weighted by Crippen LogP contribution is 2.46. The van der Waals surface area contributed by atoms with Crippen LogP contribution in [0.2, 0.25) is 0 Å². The first-order valence-electron chi connectivity index (χ1n) is 6.78. The summed E-state index contributed by atoms with van der Waals surface area (Å²) in [5, 5.41) is 0. The lowest BCUT2D eigenvalue weighted by Crippen LogP contribution is -2.24. The molecule has 0 radical (unpaired) electrons. The van der Waals surface area contributed by atoms with Crippen molar-refractivity contribution in [3.8, 4) is 11.5 Å². The average molecular weight is 247 g/mol. The summed E-state index contributed by atoms with van der Waals surface area (Å²) in [5.74, 6) is 2.18. The van der Waals surface area contributed by atoms with E-state index in [1.807, 2.05) is 0 Å². The van der Waals surface area contributed by atoms with E-state index in [-0.39, 0.29) is 5.41 Å². The Balaban J connectivity index is 2.18. The first-order chi connectivity index (χ1) is 8.63. The van der Waals surface area contributed by atoms with E-state index in [9.17, 15) is 0 Å². The Morgan fingerprint density at radius 1 is 1.22 bits per heavy atom. The van der Waals surface area contributed by atoms with Crippen molar-refractivity contribution in [1.29, 1.82) is 0 Å². The van der Waals surface area contributed by atoms with Crippen molar-refractivity contribution in [2.45, 2.75) is 38.5 Å². The molecule has 0 unspecified atom stereocenters. The van der Waals surface area contributed by atoms with Crippen molar-refractivity contribution >= 4 is 0 Å². The van der Waals surface area contributed by atoms with E-state index in [0.29, 0.717) is 6.54 Å². The van der Waals surface area contributed by atoms with Crippen LogP contribution in [-0.4, -0.2) is 19.8 Å². The Bertz CT molecular complexity index is 448. The molecule has 18 heavy (non-hydrogen) atoms. The smallest absolute Gasteiger partial charge is 0.126 e. The molecule has 0 aromatic heterocycles. The van der Waals surface area contributed by atoms with Gasteiger partial charge in [0.1, 0.15) is 11.5 Å². The van der Waals surface area contributed by atoms with Crippen LogP contribution in [0.4, 0.5) is 0 Å². The molecule has 1 aromatic rings. The molecule has 0 fully saturated rings. The van der Waals surface area contributed by atoms with Gasteiger partial charge in [-0.15, -0.1) is 0 Å². The van der Waals surface area contributed by atoms with Crippen LogP contribution < -0.4 is 15.2 Å². The fraction of sp³-hybridized carbons (Fsp3) is 0.600. The van der Waals surface area contributed by atoms with Gasteiger partial charge in [-0.05, 0) is 24.4 Å². The molecule has 3 heteroatoms. The standard InChI is InChI=1S/C15H21NO2/c1-15(2,5-6-16)13-11-4-8-17-12(11)9-10-3-7-18-14(10)13/h9H,3-8,16H2,1-2H3. The van der Waals surface area contributed by atoms with Crippen LogP contribution in [0.25, 0.3) is 0 Å². The Morgan fingerprint density at radius 2 is 2.00 bits per heavy atom. The number of hydrogen-bond acceptors (Lipinski definition) is 3. The second-order valence-electron chi connectivity index (χ2n) is 5.84. The number of hydrogen-bond donors (Lipinski definition) is 1. The summed E-state index contributed by atoms with van der Waals surface area (Å²) in [7, 11) is 0. The second-order valence-corrected chi connectivity index (χ2v) is 5.84. The first kappa shape index (κ1) is 11.8. The Hall–Kier alpha value is -1.22. The van der Waals surface area contributed by atoms with Crippen LogP contribution in [0.3, 0.4) is 0 Å². The molecule has 3 nitrogen and oxygen atoms in total. The minimum atomic E-state index is 0.0578. The summed E-state index contributed by atoms with van der Waals surface area (Å²) in [5.41, 5.74) is 9.81. The van der Waals surface area contributed by atoms with Crippen molar-refractivity contribution < 1.29 is 9.47 Å². The molecule has 0 amide bonds. The highest BCUT2D eigenvalue weighted by Gasteiger charge is 2.34. The van der Waals surface area contributed by atoms with Gasteiger partial charge < -0.3 is 15.2 Å². The Morgan fingerprint density at radius 3 is 2.78 bits per heavy atom. The van der Waals surface area contributed by atoms with Gasteiger partial charge in [0.2, 0.25) is 0 Å². The molecule has 2 heterocycles. The molecule has 0 atom stereocenters. The minimum Gasteiger partial charge on any atom is -0.493 e. The van der Waals surface area contributed by atoms with E-state index < -0.39 is 0 Å². The molecular weight excluding hydrogens is 226 g/mol. The van der Waals surface area contributed by atoms with Crippen LogP contribution >= 0.6 is 0 Å². The lowest BCUT2D eigenvalue weighted by Gasteiger charge is -2.28. The molecule has 0 aliphatic carbocycles. The summed E-state index contributed by atoms with van der Waals surface area (Å²) in [6.07, 6.45) is 2.96. The third kappa shape index (κ3) is 1.69. The Kier molecular flexibility index (Phi) is 2.74. The zero-order valence-corrected chi connectivity index (χ0v) is 11.2. The molecule has 98 valence electrons. The quantitative estimate of drug-likeness (QED) is 0.890. The van der Waals surface area contributed by atoms with E-state index >= 15 is 0 Å². The van der Waals surface area contributed by atoms with Crippen LogP contribution in [0.1, 0.15) is 37.0 Å². The lowest BCUT2D eigenvalue weighted by molar-refractivity contribution is 0.341. The Labute approximate surface area is 108 Å². The molecule has 0 saturated carbocycles. The van der Waals surface area contributed by atoms with Gasteiger partial charge in [-0.25, -0.2) is 0 Å². The predicted octanol–water partition coefficient (Wildman–Crippen LogP) is 2.18. The van der Waals surface area contributed by atoms with Crippen LogP contribution in [0, 0.1) is 0 Å². The van der Waals surface area contributed by atoms with Gasteiger partial charge in [-0.3, -0.25) is 0 Å². The number of rotatable bonds is 3. The van der Waals surface area contributed by atoms with Crippen molar-refractivity contribution in [2.75, 3.05) is 19.8 Å². The van der Waals surface area contributed by atoms with Crippen LogP contribution in [-0.2, 0) is 18.3 Å². The van der Waals surface area contributed by atoms with Crippen LogP contribution in [0.15, 0.2) is 6.07 Å². The van der Waals surface area contributed by atoms with E-state index in [1.54, 1.807) is 0 Å². The fourth-order valence-corrected chi connectivity index (χ4v) is 3.19.